The molecule has 0 saturated heterocycles. The van der Waals surface area contributed by atoms with Crippen molar-refractivity contribution in [2.45, 2.75) is 26.2 Å². The van der Waals surface area contributed by atoms with Crippen LogP contribution in [-0.2, 0) is 5.41 Å². The van der Waals surface area contributed by atoms with E-state index in [0.29, 0.717) is 5.69 Å². The lowest BCUT2D eigenvalue weighted by molar-refractivity contribution is 0.487. The van der Waals surface area contributed by atoms with Crippen LogP contribution in [0.3, 0.4) is 0 Å². The van der Waals surface area contributed by atoms with Crippen LogP contribution >= 0.6 is 0 Å². The summed E-state index contributed by atoms with van der Waals surface area (Å²) in [6.45, 7) is 5.69. The molecule has 1 heterocycles. The molecule has 1 nitrogen and oxygen atoms in total. The Hall–Kier alpha value is -0.990. The highest BCUT2D eigenvalue weighted by Crippen LogP contribution is 2.20. The molecule has 0 N–H and O–H groups in total. The SMILES string of the molecule is CC(C)(C)c1cc(F)c(F)cn1. The highest BCUT2D eigenvalue weighted by Gasteiger charge is 2.17. The Kier molecular flexibility index (Phi) is 2.13. The van der Waals surface area contributed by atoms with Gasteiger partial charge in [0, 0.05) is 11.1 Å². The number of pyridine rings is 1. The van der Waals surface area contributed by atoms with Gasteiger partial charge in [-0.05, 0) is 6.07 Å². The van der Waals surface area contributed by atoms with Gasteiger partial charge < -0.3 is 0 Å². The quantitative estimate of drug-likeness (QED) is 0.584. The van der Waals surface area contributed by atoms with Crippen LogP contribution < -0.4 is 0 Å². The maximum atomic E-state index is 12.7. The van der Waals surface area contributed by atoms with Gasteiger partial charge in [-0.1, -0.05) is 20.8 Å². The van der Waals surface area contributed by atoms with E-state index in [1.54, 1.807) is 0 Å². The summed E-state index contributed by atoms with van der Waals surface area (Å²) in [7, 11) is 0. The van der Waals surface area contributed by atoms with Gasteiger partial charge >= 0.3 is 0 Å². The Balaban J connectivity index is 3.14. The number of aromatic nitrogens is 1. The molecule has 0 spiro atoms. The van der Waals surface area contributed by atoms with Crippen molar-refractivity contribution < 1.29 is 8.78 Å². The Labute approximate surface area is 70.4 Å². The van der Waals surface area contributed by atoms with Crippen LogP contribution in [0.5, 0.6) is 0 Å². The molecule has 0 amide bonds. The third-order valence-corrected chi connectivity index (χ3v) is 1.58. The molecular weight excluding hydrogens is 160 g/mol. The van der Waals surface area contributed by atoms with Gasteiger partial charge in [-0.2, -0.15) is 0 Å². The van der Waals surface area contributed by atoms with Crippen LogP contribution in [0.4, 0.5) is 8.78 Å². The topological polar surface area (TPSA) is 12.9 Å². The van der Waals surface area contributed by atoms with E-state index in [-0.39, 0.29) is 5.41 Å². The predicted octanol–water partition coefficient (Wildman–Crippen LogP) is 2.66. The first-order valence-electron chi connectivity index (χ1n) is 3.73. The molecule has 0 fully saturated rings. The summed E-state index contributed by atoms with van der Waals surface area (Å²) in [5.41, 5.74) is 0.315. The first-order chi connectivity index (χ1) is 5.41. The molecule has 1 aromatic heterocycles. The third-order valence-electron chi connectivity index (χ3n) is 1.58. The maximum absolute atomic E-state index is 12.7. The Morgan fingerprint density at radius 1 is 1.17 bits per heavy atom. The van der Waals surface area contributed by atoms with Crippen LogP contribution in [-0.4, -0.2) is 4.98 Å². The van der Waals surface area contributed by atoms with E-state index >= 15 is 0 Å². The number of hydrogen-bond donors (Lipinski definition) is 0. The van der Waals surface area contributed by atoms with Gasteiger partial charge in [-0.25, -0.2) is 8.78 Å². The molecular formula is C9H11F2N. The van der Waals surface area contributed by atoms with E-state index in [0.717, 1.165) is 12.3 Å². The summed E-state index contributed by atoms with van der Waals surface area (Å²) in [5, 5.41) is 0. The molecule has 0 atom stereocenters. The van der Waals surface area contributed by atoms with Crippen molar-refractivity contribution in [3.63, 3.8) is 0 Å². The fourth-order valence-electron chi connectivity index (χ4n) is 0.824. The van der Waals surface area contributed by atoms with Crippen molar-refractivity contribution in [3.8, 4) is 0 Å². The largest absolute Gasteiger partial charge is 0.257 e. The fourth-order valence-corrected chi connectivity index (χ4v) is 0.824. The van der Waals surface area contributed by atoms with Crippen LogP contribution in [0, 0.1) is 11.6 Å². The molecule has 0 aliphatic carbocycles. The average molecular weight is 171 g/mol. The van der Waals surface area contributed by atoms with Crippen molar-refractivity contribution in [1.82, 2.24) is 4.98 Å². The van der Waals surface area contributed by atoms with Gasteiger partial charge in [0.2, 0.25) is 0 Å². The standard InChI is InChI=1S/C9H11F2N/c1-9(2,3)8-4-6(10)7(11)5-12-8/h4-5H,1-3H3. The molecule has 0 aromatic carbocycles. The summed E-state index contributed by atoms with van der Waals surface area (Å²) in [6, 6.07) is 1.13. The van der Waals surface area contributed by atoms with Gasteiger partial charge in [-0.15, -0.1) is 0 Å². The molecule has 0 bridgehead atoms. The summed E-state index contributed by atoms with van der Waals surface area (Å²) in [5.74, 6) is -1.74. The molecule has 12 heavy (non-hydrogen) atoms. The van der Waals surface area contributed by atoms with E-state index in [9.17, 15) is 8.78 Å². The zero-order valence-corrected chi connectivity index (χ0v) is 7.36. The second-order valence-corrected chi connectivity index (χ2v) is 3.73. The summed E-state index contributed by atoms with van der Waals surface area (Å²) >= 11 is 0. The molecule has 1 rings (SSSR count). The Morgan fingerprint density at radius 2 is 1.75 bits per heavy atom. The lowest BCUT2D eigenvalue weighted by Crippen LogP contribution is -2.14. The first kappa shape index (κ1) is 9.10. The molecule has 0 radical (unpaired) electrons. The van der Waals surface area contributed by atoms with E-state index in [4.69, 9.17) is 0 Å². The van der Waals surface area contributed by atoms with Gasteiger partial charge in [-0.3, -0.25) is 4.98 Å². The highest BCUT2D eigenvalue weighted by molar-refractivity contribution is 5.15. The van der Waals surface area contributed by atoms with Gasteiger partial charge in [0.25, 0.3) is 0 Å². The zero-order valence-electron chi connectivity index (χ0n) is 7.36. The van der Waals surface area contributed by atoms with Gasteiger partial charge in [0.1, 0.15) is 0 Å². The van der Waals surface area contributed by atoms with Crippen molar-refractivity contribution in [2.24, 2.45) is 0 Å². The van der Waals surface area contributed by atoms with E-state index in [2.05, 4.69) is 4.98 Å². The summed E-state index contributed by atoms with van der Waals surface area (Å²) in [4.78, 5) is 3.80. The number of hydrogen-bond acceptors (Lipinski definition) is 1. The van der Waals surface area contributed by atoms with Crippen molar-refractivity contribution in [2.75, 3.05) is 0 Å². The minimum atomic E-state index is -0.900. The van der Waals surface area contributed by atoms with Gasteiger partial charge in [0.15, 0.2) is 11.6 Å². The third kappa shape index (κ3) is 1.78. The molecule has 66 valence electrons. The molecule has 0 aliphatic rings. The van der Waals surface area contributed by atoms with Crippen molar-refractivity contribution >= 4 is 0 Å². The fraction of sp³-hybridized carbons (Fsp3) is 0.444. The van der Waals surface area contributed by atoms with Crippen LogP contribution in [0.25, 0.3) is 0 Å². The zero-order chi connectivity index (χ0) is 9.35. The minimum absolute atomic E-state index is 0.242. The number of halogens is 2. The van der Waals surface area contributed by atoms with E-state index < -0.39 is 11.6 Å². The lowest BCUT2D eigenvalue weighted by atomic mass is 9.92. The molecule has 1 aromatic rings. The number of rotatable bonds is 0. The first-order valence-corrected chi connectivity index (χ1v) is 3.73. The summed E-state index contributed by atoms with van der Waals surface area (Å²) < 4.78 is 25.1. The van der Waals surface area contributed by atoms with E-state index in [1.807, 2.05) is 20.8 Å². The Morgan fingerprint density at radius 3 is 2.17 bits per heavy atom. The van der Waals surface area contributed by atoms with Crippen LogP contribution in [0.15, 0.2) is 12.3 Å². The van der Waals surface area contributed by atoms with E-state index in [1.165, 1.54) is 0 Å². The highest BCUT2D eigenvalue weighted by atomic mass is 19.2. The maximum Gasteiger partial charge on any atom is 0.177 e. The van der Waals surface area contributed by atoms with Crippen molar-refractivity contribution in [1.29, 1.82) is 0 Å². The molecule has 3 heteroatoms. The normalized spacial score (nSPS) is 11.8. The minimum Gasteiger partial charge on any atom is -0.257 e. The Bertz CT molecular complexity index is 289. The smallest absolute Gasteiger partial charge is 0.177 e. The molecule has 0 aliphatic heterocycles. The van der Waals surface area contributed by atoms with Crippen LogP contribution in [0.2, 0.25) is 0 Å². The van der Waals surface area contributed by atoms with Crippen molar-refractivity contribution in [3.05, 3.63) is 29.6 Å². The average Bonchev–Trinajstić information content (AvgIpc) is 1.92. The lowest BCUT2D eigenvalue weighted by Gasteiger charge is -2.16. The molecule has 0 saturated carbocycles. The number of nitrogens with zero attached hydrogens (tertiary/aromatic N) is 1. The second kappa shape index (κ2) is 2.81. The molecule has 0 unspecified atom stereocenters. The van der Waals surface area contributed by atoms with Gasteiger partial charge in [0.05, 0.1) is 6.20 Å². The monoisotopic (exact) mass is 171 g/mol. The second-order valence-electron chi connectivity index (χ2n) is 3.73. The van der Waals surface area contributed by atoms with Crippen LogP contribution in [0.1, 0.15) is 26.5 Å². The predicted molar refractivity (Wildman–Crippen MR) is 42.9 cm³/mol. The summed E-state index contributed by atoms with van der Waals surface area (Å²) in [6.07, 6.45) is 0.913.